The van der Waals surface area contributed by atoms with Crippen molar-refractivity contribution < 1.29 is 30.8 Å². The fourth-order valence-electron chi connectivity index (χ4n) is 4.79. The van der Waals surface area contributed by atoms with Gasteiger partial charge in [0.1, 0.15) is 27.5 Å². The molecule has 1 spiro atoms. The quantitative estimate of drug-likeness (QED) is 0.545. The summed E-state index contributed by atoms with van der Waals surface area (Å²) in [5.41, 5.74) is 4.19. The number of aliphatic imine (C=N–C) groups is 1. The topological polar surface area (TPSA) is 164 Å². The molecule has 0 unspecified atom stereocenters. The second-order valence-corrected chi connectivity index (χ2v) is 13.3. The summed E-state index contributed by atoms with van der Waals surface area (Å²) in [6.45, 7) is 0.862. The Labute approximate surface area is 214 Å². The molecular formula is C22H27FN6O6S2. The van der Waals surface area contributed by atoms with Crippen LogP contribution in [0.15, 0.2) is 41.5 Å². The molecule has 1 aromatic heterocycles. The van der Waals surface area contributed by atoms with Gasteiger partial charge in [0, 0.05) is 31.4 Å². The molecule has 15 heteroatoms. The van der Waals surface area contributed by atoms with Gasteiger partial charge in [-0.2, -0.15) is 0 Å². The van der Waals surface area contributed by atoms with Gasteiger partial charge in [-0.3, -0.25) is 4.79 Å². The van der Waals surface area contributed by atoms with E-state index in [1.54, 1.807) is 6.07 Å². The van der Waals surface area contributed by atoms with E-state index in [2.05, 4.69) is 15.3 Å². The Bertz CT molecular complexity index is 1500. The van der Waals surface area contributed by atoms with E-state index in [4.69, 9.17) is 10.5 Å². The van der Waals surface area contributed by atoms with Crippen LogP contribution in [-0.2, 0) is 25.6 Å². The molecule has 1 saturated heterocycles. The minimum atomic E-state index is -4.31. The van der Waals surface area contributed by atoms with Crippen LogP contribution in [-0.4, -0.2) is 80.5 Å². The molecular weight excluding hydrogens is 527 g/mol. The van der Waals surface area contributed by atoms with Crippen LogP contribution in [0.25, 0.3) is 0 Å². The Morgan fingerprint density at radius 3 is 2.54 bits per heavy atom. The third-order valence-corrected chi connectivity index (χ3v) is 10.9. The van der Waals surface area contributed by atoms with E-state index in [9.17, 15) is 21.6 Å². The highest BCUT2D eigenvalue weighted by molar-refractivity contribution is 7.91. The van der Waals surface area contributed by atoms with Crippen LogP contribution in [0.4, 0.5) is 10.1 Å². The molecule has 4 rings (SSSR count). The molecule has 1 aromatic carbocycles. The van der Waals surface area contributed by atoms with E-state index >= 15 is 4.39 Å². The van der Waals surface area contributed by atoms with Crippen molar-refractivity contribution in [3.8, 4) is 5.75 Å². The number of hydrogen-bond donors (Lipinski definition) is 2. The molecule has 3 heterocycles. The number of pyridine rings is 1. The molecule has 0 radical (unpaired) electrons. The van der Waals surface area contributed by atoms with Crippen molar-refractivity contribution in [1.82, 2.24) is 13.6 Å². The van der Waals surface area contributed by atoms with Gasteiger partial charge >= 0.3 is 0 Å². The van der Waals surface area contributed by atoms with Gasteiger partial charge in [0.15, 0.2) is 0 Å². The lowest BCUT2D eigenvalue weighted by Gasteiger charge is -2.48. The summed E-state index contributed by atoms with van der Waals surface area (Å²) in [6.07, 6.45) is 2.19. The number of guanidine groups is 1. The fraction of sp³-hybridized carbons (Fsp3) is 0.409. The molecule has 0 saturated carbocycles. The van der Waals surface area contributed by atoms with Gasteiger partial charge < -0.3 is 15.8 Å². The Kier molecular flexibility index (Phi) is 6.45. The molecule has 2 aromatic rings. The van der Waals surface area contributed by atoms with E-state index in [1.165, 1.54) is 45.5 Å². The summed E-state index contributed by atoms with van der Waals surface area (Å²) < 4.78 is 72.5. The molecule has 0 bridgehead atoms. The van der Waals surface area contributed by atoms with Crippen LogP contribution >= 0.6 is 0 Å². The molecule has 2 aliphatic heterocycles. The number of aromatic nitrogens is 1. The summed E-state index contributed by atoms with van der Waals surface area (Å²) in [5.74, 6) is -1.31. The molecule has 12 nitrogen and oxygen atoms in total. The minimum Gasteiger partial charge on any atom is -0.495 e. The number of benzene rings is 1. The summed E-state index contributed by atoms with van der Waals surface area (Å²) in [6, 6.07) is 6.66. The van der Waals surface area contributed by atoms with Gasteiger partial charge in [0.25, 0.3) is 5.91 Å². The normalized spacial score (nSPS) is 25.6. The molecule has 3 N–H and O–H groups in total. The van der Waals surface area contributed by atoms with E-state index in [0.717, 1.165) is 20.9 Å². The predicted molar refractivity (Wildman–Crippen MR) is 135 cm³/mol. The third-order valence-electron chi connectivity index (χ3n) is 7.02. The number of amides is 1. The van der Waals surface area contributed by atoms with Crippen LogP contribution in [0.1, 0.15) is 29.4 Å². The number of nitrogens with zero attached hydrogens (tertiary/aromatic N) is 4. The molecule has 2 atom stereocenters. The van der Waals surface area contributed by atoms with Crippen molar-refractivity contribution in [3.05, 3.63) is 53.6 Å². The van der Waals surface area contributed by atoms with Gasteiger partial charge in [0.2, 0.25) is 26.0 Å². The van der Waals surface area contributed by atoms with Crippen molar-refractivity contribution in [2.45, 2.75) is 23.6 Å². The van der Waals surface area contributed by atoms with Crippen LogP contribution < -0.4 is 15.8 Å². The average Bonchev–Trinajstić information content (AvgIpc) is 3.32. The number of anilines is 1. The number of carbonyl (C=O) groups excluding carboxylic acids is 1. The minimum absolute atomic E-state index is 0.0677. The monoisotopic (exact) mass is 554 g/mol. The number of rotatable bonds is 5. The number of methoxy groups -OCH3 is 1. The van der Waals surface area contributed by atoms with Crippen LogP contribution in [0.3, 0.4) is 0 Å². The number of nitrogens with two attached hydrogens (primary N) is 1. The number of hydrogen-bond acceptors (Lipinski definition) is 9. The van der Waals surface area contributed by atoms with Crippen molar-refractivity contribution >= 4 is 37.6 Å². The van der Waals surface area contributed by atoms with E-state index in [0.29, 0.717) is 5.75 Å². The number of carbonyl (C=O) groups is 1. The van der Waals surface area contributed by atoms with E-state index in [1.807, 2.05) is 0 Å². The molecule has 1 fully saturated rings. The molecule has 0 aliphatic carbocycles. The van der Waals surface area contributed by atoms with Gasteiger partial charge in [-0.1, -0.05) is 0 Å². The molecule has 200 valence electrons. The zero-order chi connectivity index (χ0) is 27.4. The van der Waals surface area contributed by atoms with Gasteiger partial charge in [-0.15, -0.1) is 0 Å². The largest absolute Gasteiger partial charge is 0.495 e. The molecule has 37 heavy (non-hydrogen) atoms. The van der Waals surface area contributed by atoms with Gasteiger partial charge in [-0.05, 0) is 43.7 Å². The highest BCUT2D eigenvalue weighted by Gasteiger charge is 2.67. The van der Waals surface area contributed by atoms with Gasteiger partial charge in [-0.25, -0.2) is 39.8 Å². The number of halogens is 1. The first-order valence-corrected chi connectivity index (χ1v) is 14.4. The first-order valence-electron chi connectivity index (χ1n) is 11.1. The molecule has 2 aliphatic rings. The summed E-state index contributed by atoms with van der Waals surface area (Å²) in [5, 5.41) is 2.62. The first kappa shape index (κ1) is 26.8. The maximum absolute atomic E-state index is 15.4. The van der Waals surface area contributed by atoms with Crippen molar-refractivity contribution in [1.29, 1.82) is 0 Å². The number of sulfonamides is 2. The van der Waals surface area contributed by atoms with Gasteiger partial charge in [0.05, 0.1) is 19.6 Å². The summed E-state index contributed by atoms with van der Waals surface area (Å²) >= 11 is 0. The lowest BCUT2D eigenvalue weighted by atomic mass is 9.78. The van der Waals surface area contributed by atoms with Crippen LogP contribution in [0.2, 0.25) is 0 Å². The third kappa shape index (κ3) is 4.20. The second kappa shape index (κ2) is 8.92. The smallest absolute Gasteiger partial charge is 0.274 e. The lowest BCUT2D eigenvalue weighted by Crippen LogP contribution is -2.66. The summed E-state index contributed by atoms with van der Waals surface area (Å²) in [4.78, 5) is 21.2. The average molecular weight is 555 g/mol. The van der Waals surface area contributed by atoms with E-state index in [-0.39, 0.29) is 35.9 Å². The number of ether oxygens (including phenoxy) is 1. The second-order valence-electron chi connectivity index (χ2n) is 9.09. The zero-order valence-electron chi connectivity index (χ0n) is 20.6. The van der Waals surface area contributed by atoms with E-state index < -0.39 is 48.6 Å². The Morgan fingerprint density at radius 2 is 1.97 bits per heavy atom. The number of nitrogens with one attached hydrogen (secondary N) is 1. The highest BCUT2D eigenvalue weighted by atomic mass is 32.2. The van der Waals surface area contributed by atoms with Crippen molar-refractivity contribution in [2.75, 3.05) is 38.8 Å². The standard InChI is InChI=1S/C22H27FN6O6S2/c1-21(22(9-10-29(13-22)36(4,31)32)37(33,34)28(2)20(24)27-21)16-11-14(5-7-17(16)23)26-19(30)18-8-6-15(35-3)12-25-18/h5-8,11-12H,9-10,13H2,1-4H3,(H2,24,27)(H,26,30)/t21-,22-/m1/s1. The van der Waals surface area contributed by atoms with Crippen molar-refractivity contribution in [3.63, 3.8) is 0 Å². The maximum atomic E-state index is 15.4. The first-order chi connectivity index (χ1) is 17.2. The molecule has 1 amide bonds. The summed E-state index contributed by atoms with van der Waals surface area (Å²) in [7, 11) is -5.39. The lowest BCUT2D eigenvalue weighted by molar-refractivity contribution is 0.102. The fourth-order valence-corrected chi connectivity index (χ4v) is 7.89. The Balaban J connectivity index is 1.81. The zero-order valence-corrected chi connectivity index (χ0v) is 22.2. The SMILES string of the molecule is COc1ccc(C(=O)Nc2ccc(F)c([C@@]3(C)N=C(N)N(C)S(=O)(=O)[C@@]34CCN(S(C)(=O)=O)C4)c2)nc1. The highest BCUT2D eigenvalue weighted by Crippen LogP contribution is 2.52. The maximum Gasteiger partial charge on any atom is 0.274 e. The van der Waals surface area contributed by atoms with Crippen LogP contribution in [0.5, 0.6) is 5.75 Å². The van der Waals surface area contributed by atoms with Crippen molar-refractivity contribution in [2.24, 2.45) is 10.7 Å². The predicted octanol–water partition coefficient (Wildman–Crippen LogP) is 0.691. The Hall–Kier alpha value is -3.30. The van der Waals surface area contributed by atoms with Crippen LogP contribution in [0, 0.1) is 5.82 Å². The Morgan fingerprint density at radius 1 is 1.27 bits per heavy atom.